The number of fused-ring (bicyclic) bond motifs is 5. The van der Waals surface area contributed by atoms with Crippen LogP contribution in [-0.4, -0.2) is 17.4 Å². The maximum Gasteiger partial charge on any atom is 0.306 e. The van der Waals surface area contributed by atoms with Crippen LogP contribution in [0.4, 0.5) is 0 Å². The molecule has 0 spiro atoms. The molecule has 1 aliphatic heterocycles. The van der Waals surface area contributed by atoms with E-state index in [2.05, 4.69) is 41.5 Å². The van der Waals surface area contributed by atoms with Crippen molar-refractivity contribution >= 4 is 11.8 Å². The Balaban J connectivity index is 1.50. The van der Waals surface area contributed by atoms with E-state index in [1.807, 2.05) is 0 Å². The molecule has 0 aromatic heterocycles. The summed E-state index contributed by atoms with van der Waals surface area (Å²) in [5.41, 5.74) is 0.503. The summed E-state index contributed by atoms with van der Waals surface area (Å²) in [5, 5.41) is 0. The average molecular weight is 415 g/mol. The van der Waals surface area contributed by atoms with Crippen molar-refractivity contribution in [1.82, 2.24) is 0 Å². The average Bonchev–Trinajstić information content (AvgIpc) is 3.20. The first kappa shape index (κ1) is 21.0. The highest BCUT2D eigenvalue weighted by molar-refractivity contribution is 5.85. The molecule has 168 valence electrons. The first-order valence-corrected chi connectivity index (χ1v) is 12.6. The third-order valence-electron chi connectivity index (χ3n) is 12.1. The van der Waals surface area contributed by atoms with Crippen LogP contribution in [0.25, 0.3) is 0 Å². The van der Waals surface area contributed by atoms with Gasteiger partial charge in [0.05, 0.1) is 0 Å². The Bertz CT molecular complexity index is 785. The fraction of sp³-hybridized carbons (Fsp3) is 0.926. The quantitative estimate of drug-likeness (QED) is 0.470. The van der Waals surface area contributed by atoms with E-state index in [0.29, 0.717) is 46.7 Å². The monoisotopic (exact) mass is 414 g/mol. The van der Waals surface area contributed by atoms with Crippen molar-refractivity contribution in [3.8, 4) is 0 Å². The molecule has 0 N–H and O–H groups in total. The topological polar surface area (TPSA) is 43.4 Å². The second-order valence-corrected chi connectivity index (χ2v) is 13.2. The number of hydrogen-bond acceptors (Lipinski definition) is 3. The zero-order valence-corrected chi connectivity index (χ0v) is 20.1. The number of rotatable bonds is 1. The lowest BCUT2D eigenvalue weighted by Crippen LogP contribution is -2.63. The molecule has 0 radical (unpaired) electrons. The molecular weight excluding hydrogens is 372 g/mol. The summed E-state index contributed by atoms with van der Waals surface area (Å²) in [5.74, 6) is 2.90. The molecule has 0 aromatic rings. The van der Waals surface area contributed by atoms with Gasteiger partial charge in [-0.1, -0.05) is 34.6 Å². The Morgan fingerprint density at radius 1 is 0.700 bits per heavy atom. The lowest BCUT2D eigenvalue weighted by Gasteiger charge is -2.69. The van der Waals surface area contributed by atoms with E-state index in [9.17, 15) is 9.59 Å². The van der Waals surface area contributed by atoms with Crippen molar-refractivity contribution in [3.63, 3.8) is 0 Å². The van der Waals surface area contributed by atoms with E-state index >= 15 is 0 Å². The van der Waals surface area contributed by atoms with Crippen LogP contribution < -0.4 is 0 Å². The van der Waals surface area contributed by atoms with Crippen molar-refractivity contribution in [1.29, 1.82) is 0 Å². The number of Topliss-reactive ketones (excluding diaryl/α,β-unsaturated/α-hetero) is 1. The molecule has 1 heterocycles. The van der Waals surface area contributed by atoms with Crippen LogP contribution in [0, 0.1) is 45.3 Å². The molecule has 3 heteroatoms. The standard InChI is InChI=1S/C27H42O3/c1-23(2)19-10-15-26(5)20(24(19,3)13-11-21(23)28)8-7-17-18(9-14-25(17,26)4)27(6)16-12-22(29)30-27/h17-20H,7-16H2,1-6H3. The van der Waals surface area contributed by atoms with Crippen LogP contribution in [0.15, 0.2) is 0 Å². The Morgan fingerprint density at radius 3 is 2.07 bits per heavy atom. The second kappa shape index (κ2) is 6.13. The zero-order valence-electron chi connectivity index (χ0n) is 20.1. The number of carbonyl (C=O) groups excluding carboxylic acids is 2. The lowest BCUT2D eigenvalue weighted by molar-refractivity contribution is -0.207. The Kier molecular flexibility index (Phi) is 4.29. The minimum absolute atomic E-state index is 0.00752. The molecule has 4 aliphatic carbocycles. The molecule has 0 bridgehead atoms. The number of cyclic esters (lactones) is 1. The summed E-state index contributed by atoms with van der Waals surface area (Å²) in [4.78, 5) is 24.8. The number of ketones is 1. The highest BCUT2D eigenvalue weighted by Crippen LogP contribution is 2.75. The Morgan fingerprint density at radius 2 is 1.40 bits per heavy atom. The number of hydrogen-bond donors (Lipinski definition) is 0. The molecule has 5 fully saturated rings. The van der Waals surface area contributed by atoms with Gasteiger partial charge in [-0.25, -0.2) is 0 Å². The minimum Gasteiger partial charge on any atom is -0.459 e. The molecule has 3 nitrogen and oxygen atoms in total. The number of ether oxygens (including phenoxy) is 1. The highest BCUT2D eigenvalue weighted by atomic mass is 16.6. The van der Waals surface area contributed by atoms with Crippen LogP contribution in [0.1, 0.15) is 106 Å². The summed E-state index contributed by atoms with van der Waals surface area (Å²) in [6.45, 7) is 14.4. The van der Waals surface area contributed by atoms with Gasteiger partial charge in [-0.2, -0.15) is 0 Å². The van der Waals surface area contributed by atoms with Gasteiger partial charge in [0.2, 0.25) is 0 Å². The van der Waals surface area contributed by atoms with Crippen LogP contribution in [0.3, 0.4) is 0 Å². The normalized spacial score (nSPS) is 54.9. The van der Waals surface area contributed by atoms with Gasteiger partial charge >= 0.3 is 5.97 Å². The largest absolute Gasteiger partial charge is 0.459 e. The fourth-order valence-electron chi connectivity index (χ4n) is 10.2. The highest BCUT2D eigenvalue weighted by Gasteiger charge is 2.70. The minimum atomic E-state index is -0.247. The van der Waals surface area contributed by atoms with Crippen molar-refractivity contribution in [2.24, 2.45) is 45.3 Å². The molecule has 8 unspecified atom stereocenters. The predicted octanol–water partition coefficient (Wildman–Crippen LogP) is 6.34. The van der Waals surface area contributed by atoms with E-state index in [1.54, 1.807) is 0 Å². The third-order valence-corrected chi connectivity index (χ3v) is 12.1. The van der Waals surface area contributed by atoms with Gasteiger partial charge in [0.15, 0.2) is 0 Å². The molecule has 1 saturated heterocycles. The van der Waals surface area contributed by atoms with Gasteiger partial charge < -0.3 is 4.74 Å². The molecule has 0 aromatic carbocycles. The first-order chi connectivity index (χ1) is 13.9. The van der Waals surface area contributed by atoms with Crippen molar-refractivity contribution in [2.45, 2.75) is 111 Å². The predicted molar refractivity (Wildman–Crippen MR) is 118 cm³/mol. The van der Waals surface area contributed by atoms with E-state index in [0.717, 1.165) is 19.3 Å². The molecule has 8 atom stereocenters. The molecule has 5 rings (SSSR count). The van der Waals surface area contributed by atoms with Crippen molar-refractivity contribution in [2.75, 3.05) is 0 Å². The van der Waals surface area contributed by atoms with Crippen LogP contribution in [-0.2, 0) is 14.3 Å². The van der Waals surface area contributed by atoms with Gasteiger partial charge in [-0.05, 0) is 92.3 Å². The summed E-state index contributed by atoms with van der Waals surface area (Å²) in [7, 11) is 0. The summed E-state index contributed by atoms with van der Waals surface area (Å²) < 4.78 is 5.96. The maximum absolute atomic E-state index is 12.8. The maximum atomic E-state index is 12.8. The summed E-state index contributed by atoms with van der Waals surface area (Å²) in [6, 6.07) is 0. The van der Waals surface area contributed by atoms with Gasteiger partial charge in [0.1, 0.15) is 11.4 Å². The van der Waals surface area contributed by atoms with E-state index in [4.69, 9.17) is 4.74 Å². The lowest BCUT2D eigenvalue weighted by atomic mass is 9.35. The van der Waals surface area contributed by atoms with Crippen LogP contribution in [0.2, 0.25) is 0 Å². The van der Waals surface area contributed by atoms with E-state index in [-0.39, 0.29) is 22.4 Å². The van der Waals surface area contributed by atoms with E-state index in [1.165, 1.54) is 38.5 Å². The summed E-state index contributed by atoms with van der Waals surface area (Å²) >= 11 is 0. The van der Waals surface area contributed by atoms with Crippen molar-refractivity contribution < 1.29 is 14.3 Å². The van der Waals surface area contributed by atoms with Crippen LogP contribution >= 0.6 is 0 Å². The molecule has 30 heavy (non-hydrogen) atoms. The first-order valence-electron chi connectivity index (χ1n) is 12.6. The van der Waals surface area contributed by atoms with Crippen molar-refractivity contribution in [3.05, 3.63) is 0 Å². The van der Waals surface area contributed by atoms with Gasteiger partial charge in [0.25, 0.3) is 0 Å². The molecular formula is C27H42O3. The van der Waals surface area contributed by atoms with Crippen LogP contribution in [0.5, 0.6) is 0 Å². The van der Waals surface area contributed by atoms with Gasteiger partial charge in [-0.3, -0.25) is 9.59 Å². The van der Waals surface area contributed by atoms with Gasteiger partial charge in [0, 0.05) is 24.2 Å². The second-order valence-electron chi connectivity index (χ2n) is 13.2. The Labute approximate surface area is 183 Å². The molecule has 4 saturated carbocycles. The molecule has 5 aliphatic rings. The van der Waals surface area contributed by atoms with E-state index < -0.39 is 0 Å². The Hall–Kier alpha value is -0.860. The number of esters is 1. The summed E-state index contributed by atoms with van der Waals surface area (Å²) in [6.07, 6.45) is 10.8. The van der Waals surface area contributed by atoms with Gasteiger partial charge in [-0.15, -0.1) is 0 Å². The SMILES string of the molecule is CC1(C2CCC3(C)C2CCC2C4(C)CCC(=O)C(C)(C)C4CCC23C)CCC(=O)O1. The molecule has 0 amide bonds. The fourth-order valence-corrected chi connectivity index (χ4v) is 10.2. The smallest absolute Gasteiger partial charge is 0.306 e. The third kappa shape index (κ3) is 2.39. The zero-order chi connectivity index (χ0) is 21.7. The number of carbonyl (C=O) groups is 2.